The molecular weight excluding hydrogens is 472 g/mol. The van der Waals surface area contributed by atoms with E-state index < -0.39 is 0 Å². The van der Waals surface area contributed by atoms with E-state index in [4.69, 9.17) is 4.74 Å². The van der Waals surface area contributed by atoms with Crippen LogP contribution in [0, 0.1) is 0 Å². The van der Waals surface area contributed by atoms with Crippen LogP contribution in [0.15, 0.2) is 0 Å². The van der Waals surface area contributed by atoms with Gasteiger partial charge in [0.15, 0.2) is 0 Å². The van der Waals surface area contributed by atoms with Gasteiger partial charge in [0.25, 0.3) is 0 Å². The van der Waals surface area contributed by atoms with Gasteiger partial charge in [0.05, 0.1) is 6.10 Å². The Labute approximate surface area is 249 Å². The van der Waals surface area contributed by atoms with Gasteiger partial charge in [0, 0.05) is 7.11 Å². The van der Waals surface area contributed by atoms with E-state index >= 15 is 0 Å². The zero-order valence-electron chi connectivity index (χ0n) is 28.0. The summed E-state index contributed by atoms with van der Waals surface area (Å²) in [6.45, 7) is 4.61. The van der Waals surface area contributed by atoms with Crippen molar-refractivity contribution in [2.45, 2.75) is 238 Å². The van der Waals surface area contributed by atoms with E-state index in [0.717, 1.165) is 0 Å². The van der Waals surface area contributed by atoms with Gasteiger partial charge in [-0.3, -0.25) is 0 Å². The smallest absolute Gasteiger partial charge is 0.0571 e. The number of unbranched alkanes of at least 4 members (excludes halogenated alkanes) is 30. The second kappa shape index (κ2) is 36.0. The van der Waals surface area contributed by atoms with Gasteiger partial charge in [-0.1, -0.05) is 219 Å². The van der Waals surface area contributed by atoms with E-state index in [1.165, 1.54) is 218 Å². The number of rotatable bonds is 35. The summed E-state index contributed by atoms with van der Waals surface area (Å²) >= 11 is 0. The molecule has 1 heteroatoms. The SMILES string of the molecule is CCCCCCCCCCCCCCCCCCC(CCCCCCCCCCCCCCCCCC)OC. The lowest BCUT2D eigenvalue weighted by molar-refractivity contribution is 0.0831. The minimum absolute atomic E-state index is 0.517. The second-order valence-electron chi connectivity index (χ2n) is 13.0. The Hall–Kier alpha value is -0.0400. The average Bonchev–Trinajstić information content (AvgIpc) is 2.95. The van der Waals surface area contributed by atoms with Crippen LogP contribution >= 0.6 is 0 Å². The standard InChI is InChI=1S/C38H78O/c1-4-6-8-10-12-14-16-18-20-22-24-26-28-30-32-34-36-38(39-3)37-35-33-31-29-27-25-23-21-19-17-15-13-11-9-7-5-2/h38H,4-37H2,1-3H3. The van der Waals surface area contributed by atoms with Crippen LogP contribution in [0.2, 0.25) is 0 Å². The molecule has 0 N–H and O–H groups in total. The Morgan fingerprint density at radius 3 is 0.641 bits per heavy atom. The summed E-state index contributed by atoms with van der Waals surface area (Å²) in [7, 11) is 1.93. The zero-order valence-corrected chi connectivity index (χ0v) is 28.0. The summed E-state index contributed by atoms with van der Waals surface area (Å²) in [6, 6.07) is 0. The minimum Gasteiger partial charge on any atom is -0.381 e. The Morgan fingerprint density at radius 2 is 0.462 bits per heavy atom. The van der Waals surface area contributed by atoms with Gasteiger partial charge in [0.1, 0.15) is 0 Å². The van der Waals surface area contributed by atoms with Gasteiger partial charge in [-0.25, -0.2) is 0 Å². The van der Waals surface area contributed by atoms with E-state index in [-0.39, 0.29) is 0 Å². The molecule has 0 aromatic carbocycles. The molecule has 0 aliphatic rings. The molecule has 0 rings (SSSR count). The lowest BCUT2D eigenvalue weighted by atomic mass is 10.0. The highest BCUT2D eigenvalue weighted by Gasteiger charge is 2.06. The summed E-state index contributed by atoms with van der Waals surface area (Å²) < 4.78 is 5.80. The van der Waals surface area contributed by atoms with Gasteiger partial charge >= 0.3 is 0 Å². The molecule has 0 spiro atoms. The summed E-state index contributed by atoms with van der Waals surface area (Å²) in [6.07, 6.45) is 49.5. The normalized spacial score (nSPS) is 11.7. The van der Waals surface area contributed by atoms with Gasteiger partial charge in [-0.05, 0) is 12.8 Å². The van der Waals surface area contributed by atoms with Crippen LogP contribution in [-0.4, -0.2) is 13.2 Å². The number of methoxy groups -OCH3 is 1. The summed E-state index contributed by atoms with van der Waals surface area (Å²) in [4.78, 5) is 0. The van der Waals surface area contributed by atoms with Crippen LogP contribution in [0.25, 0.3) is 0 Å². The van der Waals surface area contributed by atoms with Gasteiger partial charge in [0.2, 0.25) is 0 Å². The molecule has 0 radical (unpaired) electrons. The predicted molar refractivity (Wildman–Crippen MR) is 179 cm³/mol. The van der Waals surface area contributed by atoms with Crippen molar-refractivity contribution in [2.24, 2.45) is 0 Å². The third kappa shape index (κ3) is 34.1. The molecule has 0 aliphatic carbocycles. The number of hydrogen-bond donors (Lipinski definition) is 0. The predicted octanol–water partition coefficient (Wildman–Crippen LogP) is 14.3. The first-order valence-corrected chi connectivity index (χ1v) is 18.9. The molecule has 0 saturated heterocycles. The van der Waals surface area contributed by atoms with Crippen LogP contribution in [0.1, 0.15) is 232 Å². The maximum Gasteiger partial charge on any atom is 0.0571 e. The monoisotopic (exact) mass is 551 g/mol. The number of ether oxygens (including phenoxy) is 1. The number of hydrogen-bond acceptors (Lipinski definition) is 1. The first-order valence-electron chi connectivity index (χ1n) is 18.9. The maximum absolute atomic E-state index is 5.80. The largest absolute Gasteiger partial charge is 0.381 e. The van der Waals surface area contributed by atoms with Crippen molar-refractivity contribution >= 4 is 0 Å². The second-order valence-corrected chi connectivity index (χ2v) is 13.0. The fourth-order valence-electron chi connectivity index (χ4n) is 6.22. The van der Waals surface area contributed by atoms with E-state index in [1.807, 2.05) is 7.11 Å². The molecule has 39 heavy (non-hydrogen) atoms. The van der Waals surface area contributed by atoms with E-state index in [9.17, 15) is 0 Å². The fourth-order valence-corrected chi connectivity index (χ4v) is 6.22. The molecule has 0 aromatic rings. The molecule has 0 aliphatic heterocycles. The van der Waals surface area contributed by atoms with Crippen molar-refractivity contribution in [3.8, 4) is 0 Å². The molecule has 0 fully saturated rings. The van der Waals surface area contributed by atoms with Gasteiger partial charge in [-0.15, -0.1) is 0 Å². The van der Waals surface area contributed by atoms with Crippen molar-refractivity contribution in [1.82, 2.24) is 0 Å². The minimum atomic E-state index is 0.517. The molecule has 236 valence electrons. The molecule has 0 atom stereocenters. The molecule has 0 aromatic heterocycles. The van der Waals surface area contributed by atoms with Crippen molar-refractivity contribution < 1.29 is 4.74 Å². The molecule has 0 heterocycles. The van der Waals surface area contributed by atoms with Crippen LogP contribution < -0.4 is 0 Å². The molecule has 0 bridgehead atoms. The highest BCUT2D eigenvalue weighted by Crippen LogP contribution is 2.18. The average molecular weight is 551 g/mol. The summed E-state index contributed by atoms with van der Waals surface area (Å²) in [5, 5.41) is 0. The lowest BCUT2D eigenvalue weighted by Crippen LogP contribution is -2.10. The Balaban J connectivity index is 3.25. The Kier molecular flexibility index (Phi) is 35.9. The fraction of sp³-hybridized carbons (Fsp3) is 1.00. The van der Waals surface area contributed by atoms with Crippen LogP contribution in [-0.2, 0) is 4.74 Å². The van der Waals surface area contributed by atoms with Gasteiger partial charge < -0.3 is 4.74 Å². The first-order chi connectivity index (χ1) is 19.3. The van der Waals surface area contributed by atoms with Crippen molar-refractivity contribution in [3.63, 3.8) is 0 Å². The van der Waals surface area contributed by atoms with Gasteiger partial charge in [-0.2, -0.15) is 0 Å². The van der Waals surface area contributed by atoms with Crippen molar-refractivity contribution in [1.29, 1.82) is 0 Å². The molecule has 0 unspecified atom stereocenters. The Morgan fingerprint density at radius 1 is 0.282 bits per heavy atom. The quantitative estimate of drug-likeness (QED) is 0.0713. The van der Waals surface area contributed by atoms with E-state index in [0.29, 0.717) is 6.10 Å². The molecular formula is C38H78O. The topological polar surface area (TPSA) is 9.23 Å². The van der Waals surface area contributed by atoms with E-state index in [2.05, 4.69) is 13.8 Å². The summed E-state index contributed by atoms with van der Waals surface area (Å²) in [5.41, 5.74) is 0. The van der Waals surface area contributed by atoms with E-state index in [1.54, 1.807) is 0 Å². The van der Waals surface area contributed by atoms with Crippen LogP contribution in [0.3, 0.4) is 0 Å². The third-order valence-electron chi connectivity index (χ3n) is 9.09. The summed E-state index contributed by atoms with van der Waals surface area (Å²) in [5.74, 6) is 0. The third-order valence-corrected chi connectivity index (χ3v) is 9.09. The van der Waals surface area contributed by atoms with Crippen molar-refractivity contribution in [2.75, 3.05) is 7.11 Å². The molecule has 1 nitrogen and oxygen atoms in total. The maximum atomic E-state index is 5.80. The highest BCUT2D eigenvalue weighted by atomic mass is 16.5. The van der Waals surface area contributed by atoms with Crippen molar-refractivity contribution in [3.05, 3.63) is 0 Å². The van der Waals surface area contributed by atoms with Crippen LogP contribution in [0.4, 0.5) is 0 Å². The first kappa shape index (κ1) is 39.0. The lowest BCUT2D eigenvalue weighted by Gasteiger charge is -2.15. The Bertz CT molecular complexity index is 370. The molecule has 0 amide bonds. The zero-order chi connectivity index (χ0) is 28.3. The molecule has 0 saturated carbocycles. The van der Waals surface area contributed by atoms with Crippen LogP contribution in [0.5, 0.6) is 0 Å². The highest BCUT2D eigenvalue weighted by molar-refractivity contribution is 4.60.